The molecule has 1 fully saturated rings. The third-order valence-corrected chi connectivity index (χ3v) is 5.27. The molecule has 1 aromatic carbocycles. The minimum Gasteiger partial charge on any atom is -0.162 e. The molecule has 0 nitrogen and oxygen atoms in total. The lowest BCUT2D eigenvalue weighted by molar-refractivity contribution is 0.691. The van der Waals surface area contributed by atoms with E-state index in [9.17, 15) is 0 Å². The van der Waals surface area contributed by atoms with Crippen molar-refractivity contribution in [2.75, 3.05) is 12.5 Å². The molecule has 1 aliphatic carbocycles. The molecule has 0 saturated heterocycles. The highest BCUT2D eigenvalue weighted by Crippen LogP contribution is 2.33. The van der Waals surface area contributed by atoms with Crippen molar-refractivity contribution in [1.29, 1.82) is 0 Å². The second-order valence-electron chi connectivity index (χ2n) is 4.56. The second kappa shape index (κ2) is 6.55. The predicted molar refractivity (Wildman–Crippen MR) is 81.9 cm³/mol. The summed E-state index contributed by atoms with van der Waals surface area (Å²) in [5, 5.41) is 0.892. The molecule has 1 aromatic rings. The van der Waals surface area contributed by atoms with Crippen molar-refractivity contribution in [3.05, 3.63) is 35.9 Å². The molecule has 0 spiro atoms. The number of thioether (sulfide) groups is 2. The molecule has 0 radical (unpaired) electrons. The third kappa shape index (κ3) is 3.82. The Morgan fingerprint density at radius 1 is 1.12 bits per heavy atom. The Labute approximate surface area is 113 Å². The minimum absolute atomic E-state index is 0.799. The van der Waals surface area contributed by atoms with E-state index in [1.807, 2.05) is 11.8 Å². The zero-order valence-corrected chi connectivity index (χ0v) is 12.2. The van der Waals surface area contributed by atoms with Gasteiger partial charge in [-0.2, -0.15) is 11.8 Å². The maximum Gasteiger partial charge on any atom is 0.00695 e. The van der Waals surface area contributed by atoms with Crippen LogP contribution in [0.1, 0.15) is 24.8 Å². The van der Waals surface area contributed by atoms with Crippen molar-refractivity contribution in [2.45, 2.75) is 29.4 Å². The molecule has 17 heavy (non-hydrogen) atoms. The molecule has 2 heteroatoms. The van der Waals surface area contributed by atoms with E-state index in [0.717, 1.165) is 11.2 Å². The molecule has 0 aromatic heterocycles. The Morgan fingerprint density at radius 3 is 2.47 bits per heavy atom. The fourth-order valence-corrected chi connectivity index (χ4v) is 3.54. The first-order chi connectivity index (χ1) is 8.31. The number of allylic oxidation sites excluding steroid dienone is 1. The molecule has 0 amide bonds. The largest absolute Gasteiger partial charge is 0.162 e. The Balaban J connectivity index is 1.91. The van der Waals surface area contributed by atoms with Crippen molar-refractivity contribution >= 4 is 29.6 Å². The van der Waals surface area contributed by atoms with Crippen molar-refractivity contribution in [2.24, 2.45) is 5.92 Å². The van der Waals surface area contributed by atoms with Crippen molar-refractivity contribution < 1.29 is 0 Å². The van der Waals surface area contributed by atoms with Gasteiger partial charge in [0.1, 0.15) is 0 Å². The maximum atomic E-state index is 2.41. The number of hydrogen-bond donors (Lipinski definition) is 0. The van der Waals surface area contributed by atoms with Crippen LogP contribution in [0, 0.1) is 5.92 Å². The molecular formula is C15H20S2. The molecule has 0 N–H and O–H groups in total. The molecule has 2 atom stereocenters. The highest BCUT2D eigenvalue weighted by atomic mass is 32.2. The van der Waals surface area contributed by atoms with Gasteiger partial charge in [-0.25, -0.2) is 0 Å². The smallest absolute Gasteiger partial charge is 0.00695 e. The Hall–Kier alpha value is -0.340. The summed E-state index contributed by atoms with van der Waals surface area (Å²) in [6, 6.07) is 8.82. The van der Waals surface area contributed by atoms with Gasteiger partial charge in [-0.1, -0.05) is 24.3 Å². The first-order valence-electron chi connectivity index (χ1n) is 6.17. The summed E-state index contributed by atoms with van der Waals surface area (Å²) < 4.78 is 0. The summed E-state index contributed by atoms with van der Waals surface area (Å²) >= 11 is 3.82. The van der Waals surface area contributed by atoms with E-state index in [-0.39, 0.29) is 0 Å². The van der Waals surface area contributed by atoms with Crippen LogP contribution in [-0.2, 0) is 0 Å². The van der Waals surface area contributed by atoms with E-state index in [1.54, 1.807) is 11.8 Å². The van der Waals surface area contributed by atoms with E-state index < -0.39 is 0 Å². The van der Waals surface area contributed by atoms with Crippen molar-refractivity contribution in [3.63, 3.8) is 0 Å². The lowest BCUT2D eigenvalue weighted by atomic mass is 10.1. The van der Waals surface area contributed by atoms with Crippen LogP contribution in [-0.4, -0.2) is 17.8 Å². The van der Waals surface area contributed by atoms with Gasteiger partial charge in [-0.05, 0) is 55.4 Å². The van der Waals surface area contributed by atoms with Gasteiger partial charge in [0.05, 0.1) is 0 Å². The van der Waals surface area contributed by atoms with Crippen LogP contribution in [0.5, 0.6) is 0 Å². The van der Waals surface area contributed by atoms with Gasteiger partial charge in [0.15, 0.2) is 0 Å². The van der Waals surface area contributed by atoms with Gasteiger partial charge < -0.3 is 0 Å². The zero-order chi connectivity index (χ0) is 12.1. The number of rotatable bonds is 4. The molecule has 92 valence electrons. The van der Waals surface area contributed by atoms with Crippen LogP contribution in [0.15, 0.2) is 35.2 Å². The average Bonchev–Trinajstić information content (AvgIpc) is 2.85. The van der Waals surface area contributed by atoms with E-state index in [1.165, 1.54) is 29.7 Å². The predicted octanol–water partition coefficient (Wildman–Crippen LogP) is 4.95. The van der Waals surface area contributed by atoms with Crippen molar-refractivity contribution in [3.8, 4) is 0 Å². The fourth-order valence-electron chi connectivity index (χ4n) is 2.32. The number of hydrogen-bond acceptors (Lipinski definition) is 2. The first kappa shape index (κ1) is 13.1. The topological polar surface area (TPSA) is 0 Å². The quantitative estimate of drug-likeness (QED) is 0.705. The van der Waals surface area contributed by atoms with Crippen LogP contribution >= 0.6 is 23.5 Å². The van der Waals surface area contributed by atoms with E-state index >= 15 is 0 Å². The maximum absolute atomic E-state index is 2.41. The average molecular weight is 264 g/mol. The SMILES string of the molecule is CSc1ccc(/C=C/C2CCC(SC)C2)cc1. The highest BCUT2D eigenvalue weighted by molar-refractivity contribution is 7.99. The van der Waals surface area contributed by atoms with Gasteiger partial charge >= 0.3 is 0 Å². The zero-order valence-electron chi connectivity index (χ0n) is 10.6. The van der Waals surface area contributed by atoms with Gasteiger partial charge in [0, 0.05) is 10.1 Å². The molecule has 2 unspecified atom stereocenters. The van der Waals surface area contributed by atoms with Crippen LogP contribution < -0.4 is 0 Å². The van der Waals surface area contributed by atoms with Gasteiger partial charge in [-0.3, -0.25) is 0 Å². The van der Waals surface area contributed by atoms with Crippen LogP contribution in [0.3, 0.4) is 0 Å². The summed E-state index contributed by atoms with van der Waals surface area (Å²) in [5.74, 6) is 0.799. The lowest BCUT2D eigenvalue weighted by Gasteiger charge is -2.04. The van der Waals surface area contributed by atoms with E-state index in [2.05, 4.69) is 48.9 Å². The van der Waals surface area contributed by atoms with Crippen LogP contribution in [0.25, 0.3) is 6.08 Å². The van der Waals surface area contributed by atoms with Crippen molar-refractivity contribution in [1.82, 2.24) is 0 Å². The summed E-state index contributed by atoms with van der Waals surface area (Å²) in [4.78, 5) is 1.34. The van der Waals surface area contributed by atoms with Crippen LogP contribution in [0.4, 0.5) is 0 Å². The highest BCUT2D eigenvalue weighted by Gasteiger charge is 2.21. The lowest BCUT2D eigenvalue weighted by Crippen LogP contribution is -1.94. The van der Waals surface area contributed by atoms with E-state index in [0.29, 0.717) is 0 Å². The monoisotopic (exact) mass is 264 g/mol. The van der Waals surface area contributed by atoms with Gasteiger partial charge in [-0.15, -0.1) is 11.8 Å². The molecule has 1 saturated carbocycles. The molecule has 2 rings (SSSR count). The standard InChI is InChI=1S/C15H20S2/c1-16-14-8-5-12(6-9-14)3-4-13-7-10-15(11-13)17-2/h3-6,8-9,13,15H,7,10-11H2,1-2H3/b4-3+. The van der Waals surface area contributed by atoms with Crippen LogP contribution in [0.2, 0.25) is 0 Å². The third-order valence-electron chi connectivity index (χ3n) is 3.44. The molecular weight excluding hydrogens is 244 g/mol. The number of benzene rings is 1. The summed E-state index contributed by atoms with van der Waals surface area (Å²) in [6.45, 7) is 0. The van der Waals surface area contributed by atoms with E-state index in [4.69, 9.17) is 0 Å². The second-order valence-corrected chi connectivity index (χ2v) is 6.58. The Morgan fingerprint density at radius 2 is 1.88 bits per heavy atom. The molecule has 0 aliphatic heterocycles. The molecule has 1 aliphatic rings. The van der Waals surface area contributed by atoms with Gasteiger partial charge in [0.2, 0.25) is 0 Å². The fraction of sp³-hybridized carbons (Fsp3) is 0.467. The summed E-state index contributed by atoms with van der Waals surface area (Å²) in [6.07, 6.45) is 13.2. The normalized spacial score (nSPS) is 24.6. The molecule has 0 heterocycles. The Bertz CT molecular complexity index is 367. The Kier molecular flexibility index (Phi) is 5.05. The first-order valence-corrected chi connectivity index (χ1v) is 8.68. The summed E-state index contributed by atoms with van der Waals surface area (Å²) in [7, 11) is 0. The summed E-state index contributed by atoms with van der Waals surface area (Å²) in [5.41, 5.74) is 1.33. The van der Waals surface area contributed by atoms with Gasteiger partial charge in [0.25, 0.3) is 0 Å². The minimum atomic E-state index is 0.799. The molecule has 0 bridgehead atoms.